The first-order valence-electron chi connectivity index (χ1n) is 8.18. The number of anilines is 2. The topological polar surface area (TPSA) is 74.0 Å². The van der Waals surface area contributed by atoms with E-state index in [1.165, 1.54) is 0 Å². The maximum atomic E-state index is 12.8. The molecule has 1 heterocycles. The van der Waals surface area contributed by atoms with Crippen molar-refractivity contribution in [1.82, 2.24) is 0 Å². The van der Waals surface area contributed by atoms with Crippen molar-refractivity contribution in [3.63, 3.8) is 0 Å². The third kappa shape index (κ3) is 3.18. The van der Waals surface area contributed by atoms with E-state index >= 15 is 0 Å². The summed E-state index contributed by atoms with van der Waals surface area (Å²) in [5, 5.41) is 0. The van der Waals surface area contributed by atoms with Gasteiger partial charge in [0.2, 0.25) is 12.5 Å². The summed E-state index contributed by atoms with van der Waals surface area (Å²) in [5.74, 6) is 1.67. The van der Waals surface area contributed by atoms with Gasteiger partial charge in [-0.1, -0.05) is 0 Å². The second-order valence-electron chi connectivity index (χ2n) is 6.25. The Morgan fingerprint density at radius 1 is 1.23 bits per heavy atom. The molecule has 2 aromatic rings. The fraction of sp³-hybridized carbons (Fsp3) is 0.250. The number of carbonyl (C=O) groups is 1. The van der Waals surface area contributed by atoms with Gasteiger partial charge in [-0.3, -0.25) is 4.79 Å². The van der Waals surface area contributed by atoms with E-state index in [-0.39, 0.29) is 12.6 Å². The third-order valence-corrected chi connectivity index (χ3v) is 4.23. The number of allylic oxidation sites excluding steroid dienone is 1. The fourth-order valence-corrected chi connectivity index (χ4v) is 2.88. The van der Waals surface area contributed by atoms with E-state index in [2.05, 4.69) is 0 Å². The van der Waals surface area contributed by atoms with Crippen LogP contribution in [0.4, 0.5) is 11.4 Å². The van der Waals surface area contributed by atoms with Crippen LogP contribution in [0.25, 0.3) is 6.08 Å². The Bertz CT molecular complexity index is 888. The zero-order chi connectivity index (χ0) is 18.8. The smallest absolute Gasteiger partial charge is 0.231 e. The van der Waals surface area contributed by atoms with Gasteiger partial charge in [-0.2, -0.15) is 0 Å². The molecule has 6 heteroatoms. The van der Waals surface area contributed by atoms with Crippen LogP contribution in [0.3, 0.4) is 0 Å². The first kappa shape index (κ1) is 17.7. The van der Waals surface area contributed by atoms with Crippen molar-refractivity contribution in [2.24, 2.45) is 0 Å². The maximum Gasteiger partial charge on any atom is 0.231 e. The highest BCUT2D eigenvalue weighted by Gasteiger charge is 2.21. The number of hydrogen-bond donors (Lipinski definition) is 1. The van der Waals surface area contributed by atoms with E-state index < -0.39 is 0 Å². The average molecular weight is 354 g/mol. The van der Waals surface area contributed by atoms with Gasteiger partial charge in [-0.25, -0.2) is 0 Å². The van der Waals surface area contributed by atoms with Crippen LogP contribution in [0.5, 0.6) is 17.2 Å². The Labute approximate surface area is 152 Å². The number of hydrogen-bond acceptors (Lipinski definition) is 6. The Balaban J connectivity index is 1.96. The molecule has 0 saturated heterocycles. The number of fused-ring (bicyclic) bond motifs is 1. The van der Waals surface area contributed by atoms with Gasteiger partial charge in [0.25, 0.3) is 0 Å². The van der Waals surface area contributed by atoms with Gasteiger partial charge in [-0.15, -0.1) is 0 Å². The molecule has 1 aliphatic rings. The van der Waals surface area contributed by atoms with Gasteiger partial charge in [0.15, 0.2) is 17.3 Å². The number of nitrogens with two attached hydrogens (primary N) is 1. The molecule has 0 aromatic heterocycles. The number of benzene rings is 2. The van der Waals surface area contributed by atoms with Crippen LogP contribution >= 0.6 is 0 Å². The summed E-state index contributed by atoms with van der Waals surface area (Å²) < 4.78 is 16.3. The Morgan fingerprint density at radius 3 is 2.69 bits per heavy atom. The number of carbonyl (C=O) groups excluding carboxylic acids is 1. The molecule has 2 N–H and O–H groups in total. The summed E-state index contributed by atoms with van der Waals surface area (Å²) in [6.45, 7) is 1.94. The minimum Gasteiger partial charge on any atom is -0.492 e. The molecule has 0 aliphatic carbocycles. The van der Waals surface area contributed by atoms with E-state index in [0.717, 1.165) is 11.3 Å². The fourth-order valence-electron chi connectivity index (χ4n) is 2.88. The summed E-state index contributed by atoms with van der Waals surface area (Å²) >= 11 is 0. The number of rotatable bonds is 5. The van der Waals surface area contributed by atoms with Gasteiger partial charge in [0.05, 0.1) is 18.5 Å². The molecule has 0 radical (unpaired) electrons. The quantitative estimate of drug-likeness (QED) is 0.504. The largest absolute Gasteiger partial charge is 0.492 e. The highest BCUT2D eigenvalue weighted by atomic mass is 16.7. The number of nitrogens with zero attached hydrogens (tertiary/aromatic N) is 1. The lowest BCUT2D eigenvalue weighted by molar-refractivity contribution is 0.103. The zero-order valence-electron chi connectivity index (χ0n) is 15.3. The lowest BCUT2D eigenvalue weighted by atomic mass is 10.0. The van der Waals surface area contributed by atoms with Crippen molar-refractivity contribution < 1.29 is 19.0 Å². The molecule has 6 nitrogen and oxygen atoms in total. The van der Waals surface area contributed by atoms with Gasteiger partial charge in [0.1, 0.15) is 0 Å². The molecule has 26 heavy (non-hydrogen) atoms. The van der Waals surface area contributed by atoms with Gasteiger partial charge in [-0.05, 0) is 48.9 Å². The van der Waals surface area contributed by atoms with Crippen LogP contribution in [-0.2, 0) is 0 Å². The van der Waals surface area contributed by atoms with Crippen molar-refractivity contribution >= 4 is 23.2 Å². The molecule has 0 fully saturated rings. The first-order chi connectivity index (χ1) is 12.4. The molecule has 0 spiro atoms. The van der Waals surface area contributed by atoms with Crippen LogP contribution in [-0.4, -0.2) is 33.8 Å². The highest BCUT2D eigenvalue weighted by molar-refractivity contribution is 6.11. The third-order valence-electron chi connectivity index (χ3n) is 4.23. The summed E-state index contributed by atoms with van der Waals surface area (Å²) in [4.78, 5) is 14.7. The Hall–Kier alpha value is -3.15. The molecule has 0 atom stereocenters. The Morgan fingerprint density at radius 2 is 2.00 bits per heavy atom. The number of methoxy groups -OCH3 is 1. The number of nitrogen functional groups attached to an aromatic ring is 1. The summed E-state index contributed by atoms with van der Waals surface area (Å²) in [6, 6.07) is 8.93. The van der Waals surface area contributed by atoms with Crippen molar-refractivity contribution in [2.45, 2.75) is 6.92 Å². The molecule has 0 saturated carbocycles. The molecule has 1 aliphatic heterocycles. The molecule has 0 amide bonds. The summed E-state index contributed by atoms with van der Waals surface area (Å²) in [6.07, 6.45) is 1.79. The standard InChI is InChI=1S/C20H22N2O4/c1-12(18(23)13-5-7-15(21)16(10-13)22(2)3)9-14-6-8-17-20(19(14)24-4)26-11-25-17/h5-10H,11,21H2,1-4H3/b12-9+. The van der Waals surface area contributed by atoms with Crippen LogP contribution in [0, 0.1) is 0 Å². The summed E-state index contributed by atoms with van der Waals surface area (Å²) in [5.41, 5.74) is 9.33. The van der Waals surface area contributed by atoms with Crippen molar-refractivity contribution in [1.29, 1.82) is 0 Å². The van der Waals surface area contributed by atoms with E-state index in [0.29, 0.717) is 34.1 Å². The maximum absolute atomic E-state index is 12.8. The second kappa shape index (κ2) is 7.00. The Kier molecular flexibility index (Phi) is 4.75. The molecule has 0 unspecified atom stereocenters. The first-order valence-corrected chi connectivity index (χ1v) is 8.18. The van der Waals surface area contributed by atoms with E-state index in [1.54, 1.807) is 38.3 Å². The number of Topliss-reactive ketones (excluding diaryl/α,β-unsaturated/α-hetero) is 1. The van der Waals surface area contributed by atoms with Gasteiger partial charge >= 0.3 is 0 Å². The molecular weight excluding hydrogens is 332 g/mol. The minimum atomic E-state index is -0.0761. The van der Waals surface area contributed by atoms with E-state index in [1.807, 2.05) is 31.1 Å². The van der Waals surface area contributed by atoms with Crippen LogP contribution in [0.2, 0.25) is 0 Å². The van der Waals surface area contributed by atoms with Crippen LogP contribution in [0.15, 0.2) is 35.9 Å². The molecule has 136 valence electrons. The molecule has 2 aromatic carbocycles. The predicted molar refractivity (Wildman–Crippen MR) is 102 cm³/mol. The van der Waals surface area contributed by atoms with Crippen LogP contribution < -0.4 is 24.8 Å². The molecule has 0 bridgehead atoms. The SMILES string of the molecule is COc1c(/C=C(\C)C(=O)c2ccc(N)c(N(C)C)c2)ccc2c1OCO2. The van der Waals surface area contributed by atoms with Gasteiger partial charge in [0, 0.05) is 25.2 Å². The van der Waals surface area contributed by atoms with Crippen molar-refractivity contribution in [3.8, 4) is 17.2 Å². The normalized spacial score (nSPS) is 12.8. The molecular formula is C20H22N2O4. The average Bonchev–Trinajstić information content (AvgIpc) is 3.09. The number of ether oxygens (including phenoxy) is 3. The zero-order valence-corrected chi connectivity index (χ0v) is 15.3. The van der Waals surface area contributed by atoms with E-state index in [9.17, 15) is 4.79 Å². The van der Waals surface area contributed by atoms with Crippen LogP contribution in [0.1, 0.15) is 22.8 Å². The van der Waals surface area contributed by atoms with Crippen molar-refractivity contribution in [2.75, 3.05) is 38.6 Å². The van der Waals surface area contributed by atoms with Crippen molar-refractivity contribution in [3.05, 3.63) is 47.0 Å². The summed E-state index contributed by atoms with van der Waals surface area (Å²) in [7, 11) is 5.34. The lowest BCUT2D eigenvalue weighted by Crippen LogP contribution is -2.12. The van der Waals surface area contributed by atoms with E-state index in [4.69, 9.17) is 19.9 Å². The number of ketones is 1. The predicted octanol–water partition coefficient (Wildman–Crippen LogP) is 3.36. The highest BCUT2D eigenvalue weighted by Crippen LogP contribution is 2.43. The lowest BCUT2D eigenvalue weighted by Gasteiger charge is -2.16. The minimum absolute atomic E-state index is 0.0761. The monoisotopic (exact) mass is 354 g/mol. The van der Waals surface area contributed by atoms with Gasteiger partial charge < -0.3 is 24.8 Å². The molecule has 3 rings (SSSR count). The second-order valence-corrected chi connectivity index (χ2v) is 6.25.